The fourth-order valence-electron chi connectivity index (χ4n) is 4.95. The lowest BCUT2D eigenvalue weighted by Crippen LogP contribution is -2.39. The number of benzene rings is 1. The normalized spacial score (nSPS) is 16.8. The van der Waals surface area contributed by atoms with Crippen molar-refractivity contribution in [2.45, 2.75) is 51.9 Å². The van der Waals surface area contributed by atoms with Gasteiger partial charge in [0.25, 0.3) is 5.56 Å². The van der Waals surface area contributed by atoms with Crippen molar-refractivity contribution in [2.24, 2.45) is 0 Å². The molecule has 2 unspecified atom stereocenters. The highest BCUT2D eigenvalue weighted by Crippen LogP contribution is 2.31. The second kappa shape index (κ2) is 10.7. The van der Waals surface area contributed by atoms with Gasteiger partial charge in [-0.05, 0) is 66.4 Å². The molecule has 1 fully saturated rings. The Labute approximate surface area is 209 Å². The molecule has 36 heavy (non-hydrogen) atoms. The Morgan fingerprint density at radius 3 is 2.89 bits per heavy atom. The number of furan rings is 1. The zero-order chi connectivity index (χ0) is 25.1. The second-order valence-corrected chi connectivity index (χ2v) is 9.34. The van der Waals surface area contributed by atoms with E-state index in [0.29, 0.717) is 37.6 Å². The summed E-state index contributed by atoms with van der Waals surface area (Å²) in [4.78, 5) is 19.0. The largest absolute Gasteiger partial charge is 0.468 e. The van der Waals surface area contributed by atoms with Crippen LogP contribution in [0.1, 0.15) is 47.2 Å². The summed E-state index contributed by atoms with van der Waals surface area (Å²) in [5.74, 6) is 1.37. The number of aromatic nitrogens is 5. The molecule has 1 aliphatic heterocycles. The number of pyridine rings is 1. The number of hydrogen-bond donors (Lipinski definition) is 1. The van der Waals surface area contributed by atoms with Crippen molar-refractivity contribution in [1.29, 1.82) is 0 Å². The maximum absolute atomic E-state index is 13.7. The van der Waals surface area contributed by atoms with E-state index in [-0.39, 0.29) is 11.7 Å². The van der Waals surface area contributed by atoms with Crippen LogP contribution >= 0.6 is 0 Å². The summed E-state index contributed by atoms with van der Waals surface area (Å²) in [6, 6.07) is 9.36. The molecule has 1 aliphatic rings. The number of methoxy groups -OCH3 is 1. The van der Waals surface area contributed by atoms with E-state index in [1.165, 1.54) is 0 Å². The average Bonchev–Trinajstić information content (AvgIpc) is 3.65. The summed E-state index contributed by atoms with van der Waals surface area (Å²) >= 11 is 0. The van der Waals surface area contributed by atoms with Gasteiger partial charge in [-0.3, -0.25) is 9.69 Å². The van der Waals surface area contributed by atoms with E-state index >= 15 is 0 Å². The highest BCUT2D eigenvalue weighted by Gasteiger charge is 2.33. The molecule has 4 aromatic rings. The van der Waals surface area contributed by atoms with E-state index in [1.807, 2.05) is 31.2 Å². The molecule has 0 aliphatic carbocycles. The molecular formula is C26H32N6O4. The molecule has 0 spiro atoms. The van der Waals surface area contributed by atoms with E-state index in [0.717, 1.165) is 47.2 Å². The first-order chi connectivity index (χ1) is 17.5. The minimum Gasteiger partial charge on any atom is -0.468 e. The number of ether oxygens (including phenoxy) is 2. The Kier molecular flexibility index (Phi) is 7.26. The number of aryl methyl sites for hydroxylation is 2. The van der Waals surface area contributed by atoms with Crippen LogP contribution in [0.25, 0.3) is 10.9 Å². The quantitative estimate of drug-likeness (QED) is 0.359. The molecule has 4 heterocycles. The van der Waals surface area contributed by atoms with Gasteiger partial charge < -0.3 is 18.9 Å². The van der Waals surface area contributed by atoms with E-state index in [1.54, 1.807) is 18.1 Å². The van der Waals surface area contributed by atoms with Crippen LogP contribution in [-0.4, -0.2) is 63.1 Å². The molecule has 1 aromatic carbocycles. The third-order valence-electron chi connectivity index (χ3n) is 6.84. The number of nitrogens with one attached hydrogen (secondary N) is 1. The van der Waals surface area contributed by atoms with Crippen molar-refractivity contribution in [3.8, 4) is 0 Å². The Hall–Kier alpha value is -3.34. The first-order valence-electron chi connectivity index (χ1n) is 12.3. The molecular weight excluding hydrogens is 460 g/mol. The summed E-state index contributed by atoms with van der Waals surface area (Å²) in [5, 5.41) is 13.6. The molecule has 190 valence electrons. The molecule has 0 amide bonds. The second-order valence-electron chi connectivity index (χ2n) is 9.34. The fourth-order valence-corrected chi connectivity index (χ4v) is 4.95. The SMILES string of the molecule is COCCn1nnnc1C(c1cc2c(C)ccc(C)c2[nH]c1=O)N(Cc1ccco1)CC1CCCO1. The summed E-state index contributed by atoms with van der Waals surface area (Å²) in [6.07, 6.45) is 3.69. The van der Waals surface area contributed by atoms with E-state index in [2.05, 4.69) is 38.4 Å². The Bertz CT molecular complexity index is 1360. The highest BCUT2D eigenvalue weighted by molar-refractivity contribution is 5.85. The molecule has 1 N–H and O–H groups in total. The Morgan fingerprint density at radius 2 is 2.14 bits per heavy atom. The minimum absolute atomic E-state index is 0.0503. The van der Waals surface area contributed by atoms with E-state index in [9.17, 15) is 4.79 Å². The fraction of sp³-hybridized carbons (Fsp3) is 0.462. The van der Waals surface area contributed by atoms with Gasteiger partial charge in [0.1, 0.15) is 11.8 Å². The van der Waals surface area contributed by atoms with E-state index < -0.39 is 6.04 Å². The number of aromatic amines is 1. The van der Waals surface area contributed by atoms with Gasteiger partial charge in [-0.1, -0.05) is 12.1 Å². The molecule has 0 bridgehead atoms. The topological polar surface area (TPSA) is 111 Å². The average molecular weight is 493 g/mol. The summed E-state index contributed by atoms with van der Waals surface area (Å²) < 4.78 is 18.7. The van der Waals surface area contributed by atoms with Crippen molar-refractivity contribution < 1.29 is 13.9 Å². The summed E-state index contributed by atoms with van der Waals surface area (Å²) in [7, 11) is 1.64. The van der Waals surface area contributed by atoms with Gasteiger partial charge in [0.15, 0.2) is 5.82 Å². The lowest BCUT2D eigenvalue weighted by molar-refractivity contribution is 0.0541. The van der Waals surface area contributed by atoms with Gasteiger partial charge in [-0.25, -0.2) is 4.68 Å². The maximum atomic E-state index is 13.7. The van der Waals surface area contributed by atoms with Crippen LogP contribution in [0.2, 0.25) is 0 Å². The standard InChI is InChI=1S/C26H32N6O4/c1-17-8-9-18(2)23-21(17)14-22(26(33)27-23)24(25-28-29-30-32(25)10-13-34-3)31(15-19-6-4-11-35-19)16-20-7-5-12-36-20/h4,6,8-9,11,14,20,24H,5,7,10,12-13,15-16H2,1-3H3,(H,27,33). The smallest absolute Gasteiger partial charge is 0.253 e. The predicted octanol–water partition coefficient (Wildman–Crippen LogP) is 3.14. The van der Waals surface area contributed by atoms with Crippen LogP contribution in [0.3, 0.4) is 0 Å². The van der Waals surface area contributed by atoms with Crippen molar-refractivity contribution in [1.82, 2.24) is 30.1 Å². The van der Waals surface area contributed by atoms with Gasteiger partial charge >= 0.3 is 0 Å². The molecule has 2 atom stereocenters. The molecule has 5 rings (SSSR count). The third-order valence-corrected chi connectivity index (χ3v) is 6.84. The van der Waals surface area contributed by atoms with Gasteiger partial charge in [-0.2, -0.15) is 0 Å². The number of hydrogen-bond acceptors (Lipinski definition) is 8. The minimum atomic E-state index is -0.529. The van der Waals surface area contributed by atoms with Crippen LogP contribution in [0.5, 0.6) is 0 Å². The van der Waals surface area contributed by atoms with Crippen molar-refractivity contribution in [3.63, 3.8) is 0 Å². The van der Waals surface area contributed by atoms with Crippen LogP contribution in [-0.2, 0) is 22.6 Å². The van der Waals surface area contributed by atoms with Crippen molar-refractivity contribution in [3.05, 3.63) is 75.2 Å². The lowest BCUT2D eigenvalue weighted by atomic mass is 9.99. The first-order valence-corrected chi connectivity index (χ1v) is 12.3. The zero-order valence-corrected chi connectivity index (χ0v) is 20.9. The molecule has 3 aromatic heterocycles. The first kappa shape index (κ1) is 24.4. The third kappa shape index (κ3) is 4.97. The van der Waals surface area contributed by atoms with Crippen LogP contribution in [0.15, 0.2) is 45.8 Å². The maximum Gasteiger partial charge on any atom is 0.253 e. The molecule has 1 saturated heterocycles. The number of rotatable bonds is 10. The molecule has 0 saturated carbocycles. The van der Waals surface area contributed by atoms with Gasteiger partial charge in [-0.15, -0.1) is 5.10 Å². The van der Waals surface area contributed by atoms with Crippen LogP contribution in [0, 0.1) is 13.8 Å². The predicted molar refractivity (Wildman–Crippen MR) is 134 cm³/mol. The highest BCUT2D eigenvalue weighted by atomic mass is 16.5. The molecule has 0 radical (unpaired) electrons. The van der Waals surface area contributed by atoms with Gasteiger partial charge in [0, 0.05) is 31.2 Å². The zero-order valence-electron chi connectivity index (χ0n) is 20.9. The van der Waals surface area contributed by atoms with E-state index in [4.69, 9.17) is 13.9 Å². The molecule has 10 heteroatoms. The lowest BCUT2D eigenvalue weighted by Gasteiger charge is -2.32. The van der Waals surface area contributed by atoms with Crippen LogP contribution < -0.4 is 5.56 Å². The van der Waals surface area contributed by atoms with Crippen molar-refractivity contribution in [2.75, 3.05) is 26.9 Å². The van der Waals surface area contributed by atoms with Crippen LogP contribution in [0.4, 0.5) is 0 Å². The Balaban J connectivity index is 1.67. The summed E-state index contributed by atoms with van der Waals surface area (Å²) in [5.41, 5.74) is 3.36. The Morgan fingerprint density at radius 1 is 1.28 bits per heavy atom. The number of nitrogens with zero attached hydrogens (tertiary/aromatic N) is 5. The van der Waals surface area contributed by atoms with Gasteiger partial charge in [0.2, 0.25) is 0 Å². The number of H-pyrrole nitrogens is 1. The number of fused-ring (bicyclic) bond motifs is 1. The number of tetrazole rings is 1. The molecule has 10 nitrogen and oxygen atoms in total. The van der Waals surface area contributed by atoms with Crippen molar-refractivity contribution >= 4 is 10.9 Å². The monoisotopic (exact) mass is 492 g/mol. The summed E-state index contributed by atoms with van der Waals surface area (Å²) in [6.45, 7) is 6.78. The van der Waals surface area contributed by atoms with Gasteiger partial charge in [0.05, 0.1) is 37.6 Å².